The Hall–Kier alpha value is -3.26. The fraction of sp³-hybridized carbons (Fsp3) is 0.138. The first-order valence-electron chi connectivity index (χ1n) is 11.8. The van der Waals surface area contributed by atoms with Crippen molar-refractivity contribution in [2.24, 2.45) is 0 Å². The molecule has 190 valence electrons. The van der Waals surface area contributed by atoms with Crippen LogP contribution in [-0.2, 0) is 22.3 Å². The number of para-hydroxylation sites is 1. The number of sulfonamides is 1. The highest BCUT2D eigenvalue weighted by molar-refractivity contribution is 7.98. The van der Waals surface area contributed by atoms with Crippen LogP contribution in [0.15, 0.2) is 114 Å². The molecule has 0 aromatic heterocycles. The van der Waals surface area contributed by atoms with Crippen molar-refractivity contribution in [1.82, 2.24) is 5.32 Å². The van der Waals surface area contributed by atoms with Crippen LogP contribution in [0.3, 0.4) is 0 Å². The zero-order valence-electron chi connectivity index (χ0n) is 20.1. The summed E-state index contributed by atoms with van der Waals surface area (Å²) in [7, 11) is -3.94. The van der Waals surface area contributed by atoms with E-state index in [-0.39, 0.29) is 17.3 Å². The summed E-state index contributed by atoms with van der Waals surface area (Å²) in [5.41, 5.74) is 2.49. The third-order valence-electron chi connectivity index (χ3n) is 5.66. The van der Waals surface area contributed by atoms with E-state index in [2.05, 4.69) is 5.32 Å². The second-order valence-electron chi connectivity index (χ2n) is 8.23. The van der Waals surface area contributed by atoms with Gasteiger partial charge in [0.15, 0.2) is 0 Å². The van der Waals surface area contributed by atoms with E-state index in [0.717, 1.165) is 21.9 Å². The van der Waals surface area contributed by atoms with Crippen LogP contribution >= 0.6 is 23.4 Å². The summed E-state index contributed by atoms with van der Waals surface area (Å²) in [5.74, 6) is 1.11. The van der Waals surface area contributed by atoms with E-state index < -0.39 is 10.0 Å². The SMILES string of the molecule is O=C(NCCSCc1ccccc1Cl)c1ccccc1N(Cc1ccccc1)S(=O)(=O)c1ccccc1. The zero-order chi connectivity index (χ0) is 26.1. The number of halogens is 1. The van der Waals surface area contributed by atoms with Gasteiger partial charge >= 0.3 is 0 Å². The molecule has 0 atom stereocenters. The van der Waals surface area contributed by atoms with Crippen molar-refractivity contribution in [3.8, 4) is 0 Å². The first-order valence-corrected chi connectivity index (χ1v) is 14.7. The third-order valence-corrected chi connectivity index (χ3v) is 8.82. The van der Waals surface area contributed by atoms with Gasteiger partial charge in [-0.2, -0.15) is 11.8 Å². The van der Waals surface area contributed by atoms with E-state index >= 15 is 0 Å². The maximum atomic E-state index is 13.8. The predicted molar refractivity (Wildman–Crippen MR) is 153 cm³/mol. The molecule has 8 heteroatoms. The molecule has 4 rings (SSSR count). The predicted octanol–water partition coefficient (Wildman–Crippen LogP) is 6.40. The van der Waals surface area contributed by atoms with Gasteiger partial charge in [-0.25, -0.2) is 8.42 Å². The van der Waals surface area contributed by atoms with Gasteiger partial charge in [-0.1, -0.05) is 90.5 Å². The van der Waals surface area contributed by atoms with Crippen molar-refractivity contribution in [3.63, 3.8) is 0 Å². The Bertz CT molecular complexity index is 1430. The lowest BCUT2D eigenvalue weighted by Crippen LogP contribution is -2.34. The molecule has 4 aromatic rings. The molecule has 0 unspecified atom stereocenters. The van der Waals surface area contributed by atoms with Crippen molar-refractivity contribution in [3.05, 3.63) is 131 Å². The molecule has 0 heterocycles. The minimum Gasteiger partial charge on any atom is -0.351 e. The van der Waals surface area contributed by atoms with Crippen molar-refractivity contribution in [2.75, 3.05) is 16.6 Å². The average molecular weight is 551 g/mol. The topological polar surface area (TPSA) is 66.5 Å². The lowest BCUT2D eigenvalue weighted by Gasteiger charge is -2.26. The Labute approximate surface area is 227 Å². The molecule has 0 radical (unpaired) electrons. The smallest absolute Gasteiger partial charge is 0.264 e. The number of nitrogens with zero attached hydrogens (tertiary/aromatic N) is 1. The van der Waals surface area contributed by atoms with Crippen molar-refractivity contribution < 1.29 is 13.2 Å². The molecule has 0 bridgehead atoms. The van der Waals surface area contributed by atoms with E-state index in [0.29, 0.717) is 23.5 Å². The number of benzene rings is 4. The molecule has 0 spiro atoms. The van der Waals surface area contributed by atoms with Gasteiger partial charge in [0.25, 0.3) is 15.9 Å². The number of hydrogen-bond donors (Lipinski definition) is 1. The molecule has 5 nitrogen and oxygen atoms in total. The Morgan fingerprint density at radius 3 is 2.16 bits per heavy atom. The standard InChI is InChI=1S/C29H27ClN2O3S2/c30-27-17-9-7-13-24(27)22-36-20-19-31-29(33)26-16-8-10-18-28(26)32(21-23-11-3-1-4-12-23)37(34,35)25-14-5-2-6-15-25/h1-18H,19-22H2,(H,31,33). The van der Waals surface area contributed by atoms with E-state index in [1.54, 1.807) is 66.4 Å². The van der Waals surface area contributed by atoms with E-state index in [1.165, 1.54) is 4.31 Å². The molecule has 0 aliphatic rings. The highest BCUT2D eigenvalue weighted by atomic mass is 35.5. The van der Waals surface area contributed by atoms with Crippen LogP contribution in [0, 0.1) is 0 Å². The minimum atomic E-state index is -3.94. The minimum absolute atomic E-state index is 0.0933. The third kappa shape index (κ3) is 6.95. The summed E-state index contributed by atoms with van der Waals surface area (Å²) in [4.78, 5) is 13.4. The summed E-state index contributed by atoms with van der Waals surface area (Å²) in [6, 6.07) is 32.1. The largest absolute Gasteiger partial charge is 0.351 e. The van der Waals surface area contributed by atoms with E-state index in [4.69, 9.17) is 11.6 Å². The van der Waals surface area contributed by atoms with Crippen LogP contribution in [-0.4, -0.2) is 26.6 Å². The zero-order valence-corrected chi connectivity index (χ0v) is 22.5. The number of nitrogens with one attached hydrogen (secondary N) is 1. The monoisotopic (exact) mass is 550 g/mol. The van der Waals surface area contributed by atoms with Crippen molar-refractivity contribution >= 4 is 45.0 Å². The Morgan fingerprint density at radius 2 is 1.43 bits per heavy atom. The van der Waals surface area contributed by atoms with Crippen molar-refractivity contribution in [1.29, 1.82) is 0 Å². The van der Waals surface area contributed by atoms with Gasteiger partial charge in [0.05, 0.1) is 22.7 Å². The normalized spacial score (nSPS) is 11.2. The number of carbonyl (C=O) groups is 1. The van der Waals surface area contributed by atoms with Gasteiger partial charge < -0.3 is 5.32 Å². The van der Waals surface area contributed by atoms with E-state index in [9.17, 15) is 13.2 Å². The molecule has 0 saturated carbocycles. The Morgan fingerprint density at radius 1 is 0.811 bits per heavy atom. The van der Waals surface area contributed by atoms with E-state index in [1.807, 2.05) is 54.6 Å². The molecule has 0 aliphatic carbocycles. The lowest BCUT2D eigenvalue weighted by molar-refractivity contribution is 0.0957. The molecule has 37 heavy (non-hydrogen) atoms. The quantitative estimate of drug-likeness (QED) is 0.219. The second-order valence-corrected chi connectivity index (χ2v) is 11.6. The van der Waals surface area contributed by atoms with Crippen LogP contribution in [0.2, 0.25) is 5.02 Å². The van der Waals surface area contributed by atoms with Crippen LogP contribution < -0.4 is 9.62 Å². The number of anilines is 1. The maximum Gasteiger partial charge on any atom is 0.264 e. The van der Waals surface area contributed by atoms with Gasteiger partial charge in [-0.15, -0.1) is 0 Å². The molecular formula is C29H27ClN2O3S2. The fourth-order valence-electron chi connectivity index (χ4n) is 3.78. The fourth-order valence-corrected chi connectivity index (χ4v) is 6.42. The summed E-state index contributed by atoms with van der Waals surface area (Å²) < 4.78 is 28.8. The number of rotatable bonds is 11. The lowest BCUT2D eigenvalue weighted by atomic mass is 10.1. The van der Waals surface area contributed by atoms with Crippen LogP contribution in [0.4, 0.5) is 5.69 Å². The van der Waals surface area contributed by atoms with Crippen LogP contribution in [0.1, 0.15) is 21.5 Å². The first-order chi connectivity index (χ1) is 18.0. The van der Waals surface area contributed by atoms with Crippen LogP contribution in [0.5, 0.6) is 0 Å². The molecule has 0 saturated heterocycles. The molecule has 0 aliphatic heterocycles. The number of thioether (sulfide) groups is 1. The van der Waals surface area contributed by atoms with Gasteiger partial charge in [0.1, 0.15) is 0 Å². The summed E-state index contributed by atoms with van der Waals surface area (Å²) in [6.45, 7) is 0.530. The maximum absolute atomic E-state index is 13.8. The Balaban J connectivity index is 1.53. The molecule has 1 amide bonds. The first kappa shape index (κ1) is 26.8. The molecule has 4 aromatic carbocycles. The van der Waals surface area contributed by atoms with Crippen LogP contribution in [0.25, 0.3) is 0 Å². The summed E-state index contributed by atoms with van der Waals surface area (Å²) in [6.07, 6.45) is 0. The molecular weight excluding hydrogens is 524 g/mol. The van der Waals surface area contributed by atoms with Gasteiger partial charge in [0, 0.05) is 23.1 Å². The van der Waals surface area contributed by atoms with Crippen molar-refractivity contribution in [2.45, 2.75) is 17.2 Å². The van der Waals surface area contributed by atoms with Gasteiger partial charge in [0.2, 0.25) is 0 Å². The average Bonchev–Trinajstić information content (AvgIpc) is 2.93. The Kier molecular flexibility index (Phi) is 9.28. The highest BCUT2D eigenvalue weighted by Gasteiger charge is 2.28. The summed E-state index contributed by atoms with van der Waals surface area (Å²) in [5, 5.41) is 3.66. The number of amides is 1. The highest BCUT2D eigenvalue weighted by Crippen LogP contribution is 2.29. The second kappa shape index (κ2) is 12.8. The van der Waals surface area contributed by atoms with Gasteiger partial charge in [-0.3, -0.25) is 9.10 Å². The molecule has 0 fully saturated rings. The summed E-state index contributed by atoms with van der Waals surface area (Å²) >= 11 is 7.88. The van der Waals surface area contributed by atoms with Gasteiger partial charge in [-0.05, 0) is 41.5 Å². The number of hydrogen-bond acceptors (Lipinski definition) is 4. The number of carbonyl (C=O) groups excluding carboxylic acids is 1. The molecule has 1 N–H and O–H groups in total.